The topological polar surface area (TPSA) is 54.4 Å². The molecule has 1 aliphatic carbocycles. The maximum absolute atomic E-state index is 11.5. The number of rotatable bonds is 5. The van der Waals surface area contributed by atoms with Crippen LogP contribution < -0.4 is 0 Å². The van der Waals surface area contributed by atoms with Gasteiger partial charge in [0.15, 0.2) is 0 Å². The zero-order valence-corrected chi connectivity index (χ0v) is 9.11. The van der Waals surface area contributed by atoms with Gasteiger partial charge in [0.1, 0.15) is 5.78 Å². The van der Waals surface area contributed by atoms with Crippen molar-refractivity contribution < 1.29 is 14.7 Å². The van der Waals surface area contributed by atoms with Crippen molar-refractivity contribution in [3.05, 3.63) is 12.2 Å². The Labute approximate surface area is 119 Å². The molecular formula is C12H19NaO3. The van der Waals surface area contributed by atoms with E-state index in [1.165, 1.54) is 0 Å². The van der Waals surface area contributed by atoms with Crippen LogP contribution in [0.4, 0.5) is 0 Å². The minimum atomic E-state index is -0.792. The summed E-state index contributed by atoms with van der Waals surface area (Å²) in [5.74, 6) is -0.554. The Balaban J connectivity index is 0.00000225. The maximum atomic E-state index is 11.5. The number of carboxylic acid groups (broad SMARTS) is 1. The van der Waals surface area contributed by atoms with Crippen molar-refractivity contribution in [3.8, 4) is 0 Å². The molecule has 0 spiro atoms. The molecule has 1 N–H and O–H groups in total. The van der Waals surface area contributed by atoms with Gasteiger partial charge in [-0.1, -0.05) is 19.1 Å². The van der Waals surface area contributed by atoms with Crippen LogP contribution in [0.5, 0.6) is 0 Å². The second kappa shape index (κ2) is 8.04. The SMILES string of the molecule is CC/C=C\C[C@@H]1C(=O)CC[C@H]1CC(=O)O.[NaH]. The molecule has 0 unspecified atom stereocenters. The molecule has 1 rings (SSSR count). The molecule has 0 aromatic rings. The van der Waals surface area contributed by atoms with Gasteiger partial charge in [0.2, 0.25) is 0 Å². The van der Waals surface area contributed by atoms with Crippen molar-refractivity contribution in [3.63, 3.8) is 0 Å². The number of hydrogen-bond donors (Lipinski definition) is 1. The van der Waals surface area contributed by atoms with Gasteiger partial charge in [-0.05, 0) is 25.2 Å². The molecule has 16 heavy (non-hydrogen) atoms. The molecule has 0 saturated heterocycles. The molecular weight excluding hydrogens is 215 g/mol. The molecule has 0 aromatic carbocycles. The standard InChI is InChI=1S/C12H18O3.Na.H/c1-2-3-4-5-10-9(8-12(14)15)6-7-11(10)13;;/h3-4,9-10H,2,5-8H2,1H3,(H,14,15);;/b4-3-;;/t9-,10-;;/m0../s1. The fraction of sp³-hybridized carbons (Fsp3) is 0.667. The van der Waals surface area contributed by atoms with Crippen molar-refractivity contribution in [1.29, 1.82) is 0 Å². The Bertz CT molecular complexity index is 273. The molecule has 0 radical (unpaired) electrons. The Morgan fingerprint density at radius 1 is 1.50 bits per heavy atom. The van der Waals surface area contributed by atoms with Crippen molar-refractivity contribution in [2.45, 2.75) is 39.0 Å². The van der Waals surface area contributed by atoms with Crippen LogP contribution in [-0.4, -0.2) is 46.4 Å². The van der Waals surface area contributed by atoms with E-state index in [0.717, 1.165) is 12.8 Å². The third kappa shape index (κ3) is 4.81. The quantitative estimate of drug-likeness (QED) is 0.582. The summed E-state index contributed by atoms with van der Waals surface area (Å²) in [4.78, 5) is 22.1. The van der Waals surface area contributed by atoms with Gasteiger partial charge in [0.05, 0.1) is 0 Å². The fourth-order valence-corrected chi connectivity index (χ4v) is 2.18. The molecule has 2 atom stereocenters. The van der Waals surface area contributed by atoms with Crippen molar-refractivity contribution in [2.24, 2.45) is 11.8 Å². The third-order valence-corrected chi connectivity index (χ3v) is 2.97. The minimum absolute atomic E-state index is 0. The summed E-state index contributed by atoms with van der Waals surface area (Å²) in [7, 11) is 0. The van der Waals surface area contributed by atoms with E-state index in [1.807, 2.05) is 19.1 Å². The van der Waals surface area contributed by atoms with E-state index >= 15 is 0 Å². The van der Waals surface area contributed by atoms with E-state index in [4.69, 9.17) is 5.11 Å². The Kier molecular flexibility index (Phi) is 7.98. The third-order valence-electron chi connectivity index (χ3n) is 2.97. The summed E-state index contributed by atoms with van der Waals surface area (Å²) in [5.41, 5.74) is 0. The van der Waals surface area contributed by atoms with Gasteiger partial charge >= 0.3 is 35.5 Å². The van der Waals surface area contributed by atoms with Crippen LogP contribution in [0.1, 0.15) is 39.0 Å². The van der Waals surface area contributed by atoms with Gasteiger partial charge in [-0.25, -0.2) is 0 Å². The molecule has 0 bridgehead atoms. The Morgan fingerprint density at radius 3 is 2.75 bits per heavy atom. The molecule has 0 aliphatic heterocycles. The number of Topliss-reactive ketones (excluding diaryl/α,β-unsaturated/α-hetero) is 1. The van der Waals surface area contributed by atoms with E-state index in [0.29, 0.717) is 12.8 Å². The Morgan fingerprint density at radius 2 is 2.19 bits per heavy atom. The number of aliphatic carboxylic acids is 1. The molecule has 4 heteroatoms. The molecule has 0 amide bonds. The molecule has 3 nitrogen and oxygen atoms in total. The van der Waals surface area contributed by atoms with Crippen LogP contribution in [0.25, 0.3) is 0 Å². The predicted octanol–water partition coefficient (Wildman–Crippen LogP) is 1.76. The van der Waals surface area contributed by atoms with Gasteiger partial charge in [0, 0.05) is 18.8 Å². The molecule has 0 aromatic heterocycles. The summed E-state index contributed by atoms with van der Waals surface area (Å²) in [6.45, 7) is 2.04. The molecule has 1 saturated carbocycles. The van der Waals surface area contributed by atoms with Gasteiger partial charge in [0.25, 0.3) is 0 Å². The second-order valence-corrected chi connectivity index (χ2v) is 4.08. The van der Waals surface area contributed by atoms with Crippen LogP contribution >= 0.6 is 0 Å². The molecule has 1 aliphatic rings. The number of allylic oxidation sites excluding steroid dienone is 2. The van der Waals surface area contributed by atoms with Gasteiger partial charge in [-0.15, -0.1) is 0 Å². The molecule has 0 heterocycles. The number of ketones is 1. The van der Waals surface area contributed by atoms with E-state index < -0.39 is 5.97 Å². The number of carboxylic acids is 1. The average Bonchev–Trinajstić information content (AvgIpc) is 2.49. The van der Waals surface area contributed by atoms with Gasteiger partial charge < -0.3 is 5.11 Å². The van der Waals surface area contributed by atoms with E-state index in [-0.39, 0.29) is 53.6 Å². The average molecular weight is 234 g/mol. The van der Waals surface area contributed by atoms with Gasteiger partial charge in [-0.3, -0.25) is 9.59 Å². The van der Waals surface area contributed by atoms with Crippen molar-refractivity contribution in [1.82, 2.24) is 0 Å². The fourth-order valence-electron chi connectivity index (χ4n) is 2.18. The number of carbonyl (C=O) groups is 2. The normalized spacial score (nSPS) is 24.7. The first-order valence-electron chi connectivity index (χ1n) is 5.54. The van der Waals surface area contributed by atoms with Crippen LogP contribution in [0.2, 0.25) is 0 Å². The van der Waals surface area contributed by atoms with Crippen LogP contribution in [0.3, 0.4) is 0 Å². The summed E-state index contributed by atoms with van der Waals surface area (Å²) in [6, 6.07) is 0. The number of hydrogen-bond acceptors (Lipinski definition) is 2. The first-order valence-corrected chi connectivity index (χ1v) is 5.54. The zero-order valence-electron chi connectivity index (χ0n) is 9.11. The van der Waals surface area contributed by atoms with Crippen LogP contribution in [-0.2, 0) is 9.59 Å². The summed E-state index contributed by atoms with van der Waals surface area (Å²) in [6.07, 6.45) is 7.15. The second-order valence-electron chi connectivity index (χ2n) is 4.08. The van der Waals surface area contributed by atoms with Crippen molar-refractivity contribution >= 4 is 41.3 Å². The van der Waals surface area contributed by atoms with E-state index in [9.17, 15) is 9.59 Å². The monoisotopic (exact) mass is 234 g/mol. The summed E-state index contributed by atoms with van der Waals surface area (Å²) in [5, 5.41) is 8.72. The first kappa shape index (κ1) is 15.9. The Hall–Kier alpha value is -0.120. The number of carbonyl (C=O) groups excluding carboxylic acids is 1. The molecule has 86 valence electrons. The summed E-state index contributed by atoms with van der Waals surface area (Å²) >= 11 is 0. The first-order chi connectivity index (χ1) is 7.15. The van der Waals surface area contributed by atoms with Crippen LogP contribution in [0, 0.1) is 11.8 Å². The predicted molar refractivity (Wildman–Crippen MR) is 64.7 cm³/mol. The van der Waals surface area contributed by atoms with Crippen molar-refractivity contribution in [2.75, 3.05) is 0 Å². The van der Waals surface area contributed by atoms with E-state index in [2.05, 4.69) is 0 Å². The summed E-state index contributed by atoms with van der Waals surface area (Å²) < 4.78 is 0. The van der Waals surface area contributed by atoms with Gasteiger partial charge in [-0.2, -0.15) is 0 Å². The zero-order chi connectivity index (χ0) is 11.3. The van der Waals surface area contributed by atoms with Crippen LogP contribution in [0.15, 0.2) is 12.2 Å². The van der Waals surface area contributed by atoms with E-state index in [1.54, 1.807) is 0 Å². The molecule has 1 fully saturated rings.